The molecule has 0 unspecified atom stereocenters. The van der Waals surface area contributed by atoms with E-state index in [1.807, 2.05) is 0 Å². The summed E-state index contributed by atoms with van der Waals surface area (Å²) in [6.45, 7) is 5.68. The van der Waals surface area contributed by atoms with E-state index < -0.39 is 0 Å². The first-order chi connectivity index (χ1) is 9.69. The topological polar surface area (TPSA) is 72.4 Å². The zero-order valence-corrected chi connectivity index (χ0v) is 13.0. The van der Waals surface area contributed by atoms with E-state index in [4.69, 9.17) is 9.47 Å². The van der Waals surface area contributed by atoms with Crippen LogP contribution in [0.1, 0.15) is 26.7 Å². The maximum atomic E-state index is 5.19. The van der Waals surface area contributed by atoms with Gasteiger partial charge in [0.15, 0.2) is 0 Å². The molecule has 1 rings (SSSR count). The molecule has 1 N–H and O–H groups in total. The van der Waals surface area contributed by atoms with Gasteiger partial charge in [-0.2, -0.15) is 15.0 Å². The van der Waals surface area contributed by atoms with Crippen molar-refractivity contribution in [3.05, 3.63) is 0 Å². The number of rotatable bonds is 9. The van der Waals surface area contributed by atoms with Gasteiger partial charge in [0.1, 0.15) is 0 Å². The molecule has 0 aliphatic heterocycles. The molecule has 1 heterocycles. The molecule has 1 aromatic rings. The summed E-state index contributed by atoms with van der Waals surface area (Å²) < 4.78 is 10.3. The molecule has 0 fully saturated rings. The molecule has 0 aromatic carbocycles. The van der Waals surface area contributed by atoms with Crippen molar-refractivity contribution in [2.24, 2.45) is 0 Å². The summed E-state index contributed by atoms with van der Waals surface area (Å²) in [5, 5.41) is 2.93. The Bertz CT molecular complexity index is 376. The maximum absolute atomic E-state index is 5.19. The Morgan fingerprint density at radius 3 is 2.35 bits per heavy atom. The third-order valence-corrected chi connectivity index (χ3v) is 3.19. The highest BCUT2D eigenvalue weighted by Crippen LogP contribution is 2.19. The first kappa shape index (κ1) is 16.4. The molecule has 114 valence electrons. The number of ether oxygens (including phenoxy) is 2. The number of hydrogen-bond donors (Lipinski definition) is 1. The third kappa shape index (κ3) is 4.19. The summed E-state index contributed by atoms with van der Waals surface area (Å²) in [6, 6.07) is 0.676. The summed E-state index contributed by atoms with van der Waals surface area (Å²) in [6.07, 6.45) is 2.03. The molecule has 0 aliphatic rings. The number of anilines is 2. The van der Waals surface area contributed by atoms with Gasteiger partial charge in [-0.05, 0) is 12.8 Å². The van der Waals surface area contributed by atoms with Gasteiger partial charge in [-0.25, -0.2) is 0 Å². The lowest BCUT2D eigenvalue weighted by molar-refractivity contribution is 0.202. The number of hydrogen-bond acceptors (Lipinski definition) is 7. The van der Waals surface area contributed by atoms with E-state index in [1.165, 1.54) is 0 Å². The number of aromatic nitrogens is 3. The van der Waals surface area contributed by atoms with E-state index >= 15 is 0 Å². The summed E-state index contributed by atoms with van der Waals surface area (Å²) in [4.78, 5) is 15.1. The molecule has 0 amide bonds. The lowest BCUT2D eigenvalue weighted by Crippen LogP contribution is -2.38. The number of nitrogens with zero attached hydrogens (tertiary/aromatic N) is 4. The van der Waals surface area contributed by atoms with Crippen LogP contribution < -0.4 is 15.0 Å². The lowest BCUT2D eigenvalue weighted by atomic mass is 10.1. The van der Waals surface area contributed by atoms with E-state index in [9.17, 15) is 0 Å². The molecule has 0 saturated heterocycles. The van der Waals surface area contributed by atoms with Crippen molar-refractivity contribution in [1.29, 1.82) is 0 Å². The average Bonchev–Trinajstić information content (AvgIpc) is 2.50. The number of methoxy groups -OCH3 is 2. The van der Waals surface area contributed by atoms with Gasteiger partial charge in [-0.3, -0.25) is 0 Å². The van der Waals surface area contributed by atoms with Crippen molar-refractivity contribution in [1.82, 2.24) is 15.0 Å². The van der Waals surface area contributed by atoms with Crippen LogP contribution in [0.2, 0.25) is 0 Å². The Morgan fingerprint density at radius 2 is 1.85 bits per heavy atom. The van der Waals surface area contributed by atoms with E-state index in [0.29, 0.717) is 30.6 Å². The molecule has 1 aromatic heterocycles. The standard InChI is InChI=1S/C13H25N5O2/c1-6-10(7-2)18(8-9-19-4)12-15-11(14-3)16-13(17-12)20-5/h10H,6-9H2,1-5H3,(H,14,15,16,17). The fourth-order valence-electron chi connectivity index (χ4n) is 2.04. The van der Waals surface area contributed by atoms with Crippen LogP contribution in [0.4, 0.5) is 11.9 Å². The zero-order chi connectivity index (χ0) is 15.0. The van der Waals surface area contributed by atoms with Gasteiger partial charge in [-0.1, -0.05) is 13.8 Å². The minimum absolute atomic E-state index is 0.313. The minimum atomic E-state index is 0.313. The molecule has 0 saturated carbocycles. The zero-order valence-electron chi connectivity index (χ0n) is 13.0. The van der Waals surface area contributed by atoms with Crippen molar-refractivity contribution < 1.29 is 9.47 Å². The van der Waals surface area contributed by atoms with Gasteiger partial charge in [0.25, 0.3) is 0 Å². The van der Waals surface area contributed by atoms with Crippen molar-refractivity contribution in [2.45, 2.75) is 32.7 Å². The van der Waals surface area contributed by atoms with Crippen molar-refractivity contribution in [3.8, 4) is 6.01 Å². The minimum Gasteiger partial charge on any atom is -0.467 e. The van der Waals surface area contributed by atoms with Crippen LogP contribution in [-0.4, -0.2) is 55.4 Å². The van der Waals surface area contributed by atoms with Crippen molar-refractivity contribution in [2.75, 3.05) is 44.6 Å². The Morgan fingerprint density at radius 1 is 1.15 bits per heavy atom. The summed E-state index contributed by atoms with van der Waals surface area (Å²) in [5.41, 5.74) is 0. The fourth-order valence-corrected chi connectivity index (χ4v) is 2.04. The SMILES string of the molecule is CCC(CC)N(CCOC)c1nc(NC)nc(OC)n1. The van der Waals surface area contributed by atoms with Crippen LogP contribution in [0.25, 0.3) is 0 Å². The van der Waals surface area contributed by atoms with Crippen LogP contribution in [0.3, 0.4) is 0 Å². The Balaban J connectivity index is 3.10. The molecule has 0 spiro atoms. The van der Waals surface area contributed by atoms with Crippen LogP contribution in [-0.2, 0) is 4.74 Å². The lowest BCUT2D eigenvalue weighted by Gasteiger charge is -2.30. The second kappa shape index (κ2) is 8.52. The van der Waals surface area contributed by atoms with Crippen LogP contribution >= 0.6 is 0 Å². The Kier molecular flexibility index (Phi) is 7.00. The molecule has 0 radical (unpaired) electrons. The predicted molar refractivity (Wildman–Crippen MR) is 79.5 cm³/mol. The molecule has 0 bridgehead atoms. The van der Waals surface area contributed by atoms with Crippen LogP contribution in [0.5, 0.6) is 6.01 Å². The summed E-state index contributed by atoms with van der Waals surface area (Å²) >= 11 is 0. The highest BCUT2D eigenvalue weighted by Gasteiger charge is 2.20. The summed E-state index contributed by atoms with van der Waals surface area (Å²) in [5.74, 6) is 1.12. The number of nitrogens with one attached hydrogen (secondary N) is 1. The van der Waals surface area contributed by atoms with Gasteiger partial charge in [0.05, 0.1) is 13.7 Å². The molecule has 7 nitrogen and oxygen atoms in total. The van der Waals surface area contributed by atoms with Crippen molar-refractivity contribution >= 4 is 11.9 Å². The maximum Gasteiger partial charge on any atom is 0.322 e. The van der Waals surface area contributed by atoms with Crippen LogP contribution in [0.15, 0.2) is 0 Å². The molecule has 20 heavy (non-hydrogen) atoms. The second-order valence-corrected chi connectivity index (χ2v) is 4.35. The van der Waals surface area contributed by atoms with E-state index in [-0.39, 0.29) is 0 Å². The molecular weight excluding hydrogens is 258 g/mol. The normalized spacial score (nSPS) is 10.7. The van der Waals surface area contributed by atoms with Crippen molar-refractivity contribution in [3.63, 3.8) is 0 Å². The van der Waals surface area contributed by atoms with E-state index in [2.05, 4.69) is 39.0 Å². The molecule has 7 heteroatoms. The molecular formula is C13H25N5O2. The highest BCUT2D eigenvalue weighted by molar-refractivity contribution is 5.39. The first-order valence-electron chi connectivity index (χ1n) is 6.93. The second-order valence-electron chi connectivity index (χ2n) is 4.35. The first-order valence-corrected chi connectivity index (χ1v) is 6.93. The van der Waals surface area contributed by atoms with E-state index in [1.54, 1.807) is 21.3 Å². The summed E-state index contributed by atoms with van der Waals surface area (Å²) in [7, 11) is 5.02. The molecule has 0 aliphatic carbocycles. The average molecular weight is 283 g/mol. The van der Waals surface area contributed by atoms with Gasteiger partial charge in [0, 0.05) is 26.7 Å². The van der Waals surface area contributed by atoms with Gasteiger partial charge < -0.3 is 19.7 Å². The third-order valence-electron chi connectivity index (χ3n) is 3.19. The monoisotopic (exact) mass is 283 g/mol. The van der Waals surface area contributed by atoms with E-state index in [0.717, 1.165) is 19.4 Å². The van der Waals surface area contributed by atoms with Crippen LogP contribution in [0, 0.1) is 0 Å². The predicted octanol–water partition coefficient (Wildman–Crippen LogP) is 1.56. The van der Waals surface area contributed by atoms with Gasteiger partial charge >= 0.3 is 6.01 Å². The Labute approximate surface area is 120 Å². The smallest absolute Gasteiger partial charge is 0.322 e. The largest absolute Gasteiger partial charge is 0.467 e. The van der Waals surface area contributed by atoms with Gasteiger partial charge in [0.2, 0.25) is 11.9 Å². The fraction of sp³-hybridized carbons (Fsp3) is 0.769. The highest BCUT2D eigenvalue weighted by atomic mass is 16.5. The quantitative estimate of drug-likeness (QED) is 0.737. The molecule has 0 atom stereocenters. The van der Waals surface area contributed by atoms with Gasteiger partial charge in [-0.15, -0.1) is 0 Å². The Hall–Kier alpha value is -1.63.